The van der Waals surface area contributed by atoms with Crippen molar-refractivity contribution in [2.24, 2.45) is 5.73 Å². The highest BCUT2D eigenvalue weighted by Crippen LogP contribution is 2.01. The van der Waals surface area contributed by atoms with Gasteiger partial charge in [0.2, 0.25) is 5.91 Å². The van der Waals surface area contributed by atoms with Gasteiger partial charge in [-0.05, 0) is 33.6 Å². The molecule has 1 amide bonds. The van der Waals surface area contributed by atoms with Gasteiger partial charge in [0.15, 0.2) is 0 Å². The fraction of sp³-hybridized carbons (Fsp3) is 0.917. The first kappa shape index (κ1) is 15.4. The van der Waals surface area contributed by atoms with E-state index in [1.54, 1.807) is 4.90 Å². The van der Waals surface area contributed by atoms with E-state index in [9.17, 15) is 4.79 Å². The Bertz CT molecular complexity index is 193. The molecule has 0 bridgehead atoms. The summed E-state index contributed by atoms with van der Waals surface area (Å²) in [5.74, 6) is 0.174. The Hall–Kier alpha value is -0.610. The van der Waals surface area contributed by atoms with Crippen LogP contribution in [0.1, 0.15) is 40.0 Å². The Morgan fingerprint density at radius 3 is 2.50 bits per heavy atom. The fourth-order valence-corrected chi connectivity index (χ4v) is 1.32. The van der Waals surface area contributed by atoms with E-state index in [1.807, 2.05) is 27.8 Å². The number of carbonyl (C=O) groups excluding carboxylic acids is 1. The molecule has 4 nitrogen and oxygen atoms in total. The molecule has 96 valence electrons. The molecule has 0 saturated heterocycles. The second kappa shape index (κ2) is 8.53. The van der Waals surface area contributed by atoms with Gasteiger partial charge in [0.1, 0.15) is 0 Å². The van der Waals surface area contributed by atoms with Crippen molar-refractivity contribution in [3.8, 4) is 0 Å². The number of nitrogens with zero attached hydrogens (tertiary/aromatic N) is 1. The number of rotatable bonds is 8. The molecule has 0 heterocycles. The summed E-state index contributed by atoms with van der Waals surface area (Å²) in [6, 6.07) is 0.183. The van der Waals surface area contributed by atoms with Gasteiger partial charge >= 0.3 is 0 Å². The van der Waals surface area contributed by atoms with Gasteiger partial charge in [-0.3, -0.25) is 4.79 Å². The Morgan fingerprint density at radius 2 is 2.00 bits per heavy atom. The van der Waals surface area contributed by atoms with E-state index in [0.717, 1.165) is 12.8 Å². The zero-order chi connectivity index (χ0) is 12.6. The highest BCUT2D eigenvalue weighted by Gasteiger charge is 2.08. The molecule has 1 unspecified atom stereocenters. The van der Waals surface area contributed by atoms with Crippen molar-refractivity contribution in [3.63, 3.8) is 0 Å². The molecule has 0 aromatic carbocycles. The number of hydrogen-bond acceptors (Lipinski definition) is 3. The maximum atomic E-state index is 11.6. The average molecular weight is 230 g/mol. The minimum Gasteiger partial charge on any atom is -0.377 e. The van der Waals surface area contributed by atoms with Crippen molar-refractivity contribution in [1.82, 2.24) is 4.90 Å². The number of amides is 1. The molecule has 16 heavy (non-hydrogen) atoms. The Morgan fingerprint density at radius 1 is 1.38 bits per heavy atom. The van der Waals surface area contributed by atoms with Crippen LogP contribution in [0.5, 0.6) is 0 Å². The summed E-state index contributed by atoms with van der Waals surface area (Å²) < 4.78 is 5.39. The smallest absolute Gasteiger partial charge is 0.222 e. The lowest BCUT2D eigenvalue weighted by molar-refractivity contribution is -0.130. The monoisotopic (exact) mass is 230 g/mol. The molecule has 0 aliphatic heterocycles. The van der Waals surface area contributed by atoms with Gasteiger partial charge in [0.25, 0.3) is 0 Å². The fourth-order valence-electron chi connectivity index (χ4n) is 1.32. The van der Waals surface area contributed by atoms with Gasteiger partial charge in [0.05, 0.1) is 12.7 Å². The van der Waals surface area contributed by atoms with Crippen LogP contribution in [-0.4, -0.2) is 43.2 Å². The van der Waals surface area contributed by atoms with E-state index >= 15 is 0 Å². The van der Waals surface area contributed by atoms with Gasteiger partial charge < -0.3 is 15.4 Å². The molecule has 2 N–H and O–H groups in total. The summed E-state index contributed by atoms with van der Waals surface area (Å²) in [7, 11) is 1.82. The Labute approximate surface area is 99.1 Å². The van der Waals surface area contributed by atoms with E-state index in [-0.39, 0.29) is 18.1 Å². The van der Waals surface area contributed by atoms with Crippen molar-refractivity contribution >= 4 is 5.91 Å². The predicted molar refractivity (Wildman–Crippen MR) is 66.2 cm³/mol. The second-order valence-corrected chi connectivity index (χ2v) is 4.60. The van der Waals surface area contributed by atoms with Crippen molar-refractivity contribution in [2.45, 2.75) is 52.2 Å². The molecular weight excluding hydrogens is 204 g/mol. The quantitative estimate of drug-likeness (QED) is 0.685. The molecule has 0 radical (unpaired) electrons. The molecule has 4 heteroatoms. The van der Waals surface area contributed by atoms with E-state index in [4.69, 9.17) is 10.5 Å². The maximum absolute atomic E-state index is 11.6. The van der Waals surface area contributed by atoms with Gasteiger partial charge in [-0.15, -0.1) is 0 Å². The Balaban J connectivity index is 3.57. The van der Waals surface area contributed by atoms with Crippen LogP contribution in [0, 0.1) is 0 Å². The SMILES string of the molecule is CC(N)CCCC(=O)N(C)CCOC(C)C. The minimum atomic E-state index is 0.174. The first-order valence-electron chi connectivity index (χ1n) is 6.04. The zero-order valence-electron chi connectivity index (χ0n) is 11.0. The van der Waals surface area contributed by atoms with Gasteiger partial charge in [-0.1, -0.05) is 0 Å². The lowest BCUT2D eigenvalue weighted by Crippen LogP contribution is -2.30. The first-order chi connectivity index (χ1) is 7.43. The van der Waals surface area contributed by atoms with E-state index in [1.165, 1.54) is 0 Å². The van der Waals surface area contributed by atoms with Crippen molar-refractivity contribution < 1.29 is 9.53 Å². The van der Waals surface area contributed by atoms with Crippen LogP contribution in [0.4, 0.5) is 0 Å². The molecule has 0 aliphatic carbocycles. The lowest BCUT2D eigenvalue weighted by Gasteiger charge is -2.18. The summed E-state index contributed by atoms with van der Waals surface area (Å²) in [6.45, 7) is 7.21. The summed E-state index contributed by atoms with van der Waals surface area (Å²) in [4.78, 5) is 13.4. The Kier molecular flexibility index (Phi) is 8.21. The van der Waals surface area contributed by atoms with Crippen LogP contribution in [0.3, 0.4) is 0 Å². The zero-order valence-corrected chi connectivity index (χ0v) is 11.0. The molecule has 1 atom stereocenters. The molecule has 0 aromatic heterocycles. The lowest BCUT2D eigenvalue weighted by atomic mass is 10.1. The highest BCUT2D eigenvalue weighted by molar-refractivity contribution is 5.75. The average Bonchev–Trinajstić information content (AvgIpc) is 2.16. The summed E-state index contributed by atoms with van der Waals surface area (Å²) in [6.07, 6.45) is 2.58. The normalized spacial score (nSPS) is 12.9. The summed E-state index contributed by atoms with van der Waals surface area (Å²) in [5, 5.41) is 0. The largest absolute Gasteiger partial charge is 0.377 e. The van der Waals surface area contributed by atoms with Gasteiger partial charge in [0, 0.05) is 26.1 Å². The van der Waals surface area contributed by atoms with E-state index in [2.05, 4.69) is 0 Å². The number of nitrogens with two attached hydrogens (primary N) is 1. The molecule has 0 rings (SSSR count). The van der Waals surface area contributed by atoms with Crippen molar-refractivity contribution in [3.05, 3.63) is 0 Å². The van der Waals surface area contributed by atoms with E-state index < -0.39 is 0 Å². The minimum absolute atomic E-state index is 0.174. The standard InChI is InChI=1S/C12H26N2O2/c1-10(2)16-9-8-14(4)12(15)7-5-6-11(3)13/h10-11H,5-9,13H2,1-4H3. The molecule has 0 spiro atoms. The van der Waals surface area contributed by atoms with Crippen LogP contribution in [0.25, 0.3) is 0 Å². The molecule has 0 fully saturated rings. The third kappa shape index (κ3) is 8.68. The van der Waals surface area contributed by atoms with Gasteiger partial charge in [-0.25, -0.2) is 0 Å². The van der Waals surface area contributed by atoms with Crippen LogP contribution in [0.15, 0.2) is 0 Å². The van der Waals surface area contributed by atoms with Crippen molar-refractivity contribution in [2.75, 3.05) is 20.2 Å². The number of hydrogen-bond donors (Lipinski definition) is 1. The van der Waals surface area contributed by atoms with Crippen molar-refractivity contribution in [1.29, 1.82) is 0 Å². The van der Waals surface area contributed by atoms with Crippen LogP contribution >= 0.6 is 0 Å². The third-order valence-electron chi connectivity index (χ3n) is 2.35. The molecule has 0 aliphatic rings. The third-order valence-corrected chi connectivity index (χ3v) is 2.35. The van der Waals surface area contributed by atoms with Crippen LogP contribution < -0.4 is 5.73 Å². The van der Waals surface area contributed by atoms with Crippen LogP contribution in [-0.2, 0) is 9.53 Å². The van der Waals surface area contributed by atoms with Crippen LogP contribution in [0.2, 0.25) is 0 Å². The molecular formula is C12H26N2O2. The topological polar surface area (TPSA) is 55.6 Å². The summed E-state index contributed by atoms with van der Waals surface area (Å²) in [5.41, 5.74) is 5.62. The molecule has 0 saturated carbocycles. The van der Waals surface area contributed by atoms with Gasteiger partial charge in [-0.2, -0.15) is 0 Å². The predicted octanol–water partition coefficient (Wildman–Crippen LogP) is 1.39. The second-order valence-electron chi connectivity index (χ2n) is 4.60. The summed E-state index contributed by atoms with van der Waals surface area (Å²) >= 11 is 0. The number of carbonyl (C=O) groups is 1. The number of ether oxygens (including phenoxy) is 1. The maximum Gasteiger partial charge on any atom is 0.222 e. The highest BCUT2D eigenvalue weighted by atomic mass is 16.5. The first-order valence-corrected chi connectivity index (χ1v) is 6.04. The molecule has 0 aromatic rings. The van der Waals surface area contributed by atoms with E-state index in [0.29, 0.717) is 19.6 Å². The number of likely N-dealkylation sites (N-methyl/N-ethyl adjacent to an activating group) is 1.